The van der Waals surface area contributed by atoms with Crippen molar-refractivity contribution in [2.45, 2.75) is 13.8 Å². The van der Waals surface area contributed by atoms with Crippen molar-refractivity contribution in [2.24, 2.45) is 5.10 Å². The lowest BCUT2D eigenvalue weighted by Crippen LogP contribution is -2.26. The van der Waals surface area contributed by atoms with Gasteiger partial charge >= 0.3 is 5.63 Å². The summed E-state index contributed by atoms with van der Waals surface area (Å²) in [4.78, 5) is 12.1. The van der Waals surface area contributed by atoms with Crippen molar-refractivity contribution in [1.82, 2.24) is 5.43 Å². The van der Waals surface area contributed by atoms with Crippen LogP contribution < -0.4 is 16.4 Å². The second-order valence-corrected chi connectivity index (χ2v) is 6.03. The van der Waals surface area contributed by atoms with Crippen LogP contribution in [0.25, 0.3) is 11.0 Å². The van der Waals surface area contributed by atoms with Crippen LogP contribution in [-0.2, 0) is 0 Å². The summed E-state index contributed by atoms with van der Waals surface area (Å²) in [5.41, 5.74) is 5.75. The van der Waals surface area contributed by atoms with Crippen LogP contribution in [0.1, 0.15) is 18.1 Å². The maximum Gasteiger partial charge on any atom is 0.345 e. The molecule has 0 radical (unpaired) electrons. The fourth-order valence-corrected chi connectivity index (χ4v) is 2.55. The number of nitrogens with zero attached hydrogens (tertiary/aromatic N) is 1. The van der Waals surface area contributed by atoms with Gasteiger partial charge in [-0.25, -0.2) is 4.79 Å². The number of para-hydroxylation sites is 1. The Kier molecular flexibility index (Phi) is 4.90. The molecule has 0 atom stereocenters. The maximum absolute atomic E-state index is 12.1. The molecule has 5 nitrogen and oxygen atoms in total. The van der Waals surface area contributed by atoms with Crippen molar-refractivity contribution in [3.05, 3.63) is 76.1 Å². The van der Waals surface area contributed by atoms with Crippen molar-refractivity contribution in [2.75, 3.05) is 5.32 Å². The monoisotopic (exact) mass is 351 g/mol. The maximum atomic E-state index is 12.1. The summed E-state index contributed by atoms with van der Waals surface area (Å²) in [5.74, 6) is 0. The van der Waals surface area contributed by atoms with E-state index in [1.165, 1.54) is 0 Å². The molecule has 0 unspecified atom stereocenters. The third-order valence-electron chi connectivity index (χ3n) is 3.63. The average molecular weight is 351 g/mol. The zero-order chi connectivity index (χ0) is 17.8. The third-order valence-corrected chi connectivity index (χ3v) is 3.83. The number of rotatable bonds is 3. The van der Waals surface area contributed by atoms with E-state index < -0.39 is 5.63 Å². The normalized spacial score (nSPS) is 11.4. The standard InChI is InChI=1S/C19H17N3O2S/c1-12-6-5-8-15(10-12)20-19(25)22-21-13(2)16-11-14-7-3-4-9-17(14)24-18(16)23/h3-11H,1-2H3,(H2,20,22,25)/b21-13+. The molecule has 126 valence electrons. The minimum Gasteiger partial charge on any atom is -0.422 e. The summed E-state index contributed by atoms with van der Waals surface area (Å²) in [5, 5.41) is 8.41. The Morgan fingerprint density at radius 2 is 1.92 bits per heavy atom. The molecule has 1 heterocycles. The molecule has 0 amide bonds. The SMILES string of the molecule is C/C(=N\NC(=S)Nc1cccc(C)c1)c1cc2ccccc2oc1=O. The van der Waals surface area contributed by atoms with Gasteiger partial charge in [-0.05, 0) is 55.9 Å². The summed E-state index contributed by atoms with van der Waals surface area (Å²) < 4.78 is 5.32. The van der Waals surface area contributed by atoms with E-state index in [1.54, 1.807) is 19.1 Å². The number of nitrogens with one attached hydrogen (secondary N) is 2. The highest BCUT2D eigenvalue weighted by Gasteiger charge is 2.08. The van der Waals surface area contributed by atoms with Gasteiger partial charge in [0.05, 0.1) is 11.3 Å². The number of aryl methyl sites for hydroxylation is 1. The van der Waals surface area contributed by atoms with Crippen LogP contribution in [0.2, 0.25) is 0 Å². The topological polar surface area (TPSA) is 66.6 Å². The Morgan fingerprint density at radius 1 is 1.12 bits per heavy atom. The zero-order valence-electron chi connectivity index (χ0n) is 13.9. The van der Waals surface area contributed by atoms with Gasteiger partial charge in [0.15, 0.2) is 5.11 Å². The molecule has 2 N–H and O–H groups in total. The van der Waals surface area contributed by atoms with E-state index in [4.69, 9.17) is 16.6 Å². The first-order valence-electron chi connectivity index (χ1n) is 7.74. The lowest BCUT2D eigenvalue weighted by Gasteiger charge is -2.08. The fraction of sp³-hybridized carbons (Fsp3) is 0.105. The summed E-state index contributed by atoms with van der Waals surface area (Å²) in [6.07, 6.45) is 0. The highest BCUT2D eigenvalue weighted by molar-refractivity contribution is 7.80. The summed E-state index contributed by atoms with van der Waals surface area (Å²) in [7, 11) is 0. The number of hydrogen-bond donors (Lipinski definition) is 2. The summed E-state index contributed by atoms with van der Waals surface area (Å²) >= 11 is 5.23. The molecule has 0 aliphatic carbocycles. The molecule has 0 saturated carbocycles. The number of anilines is 1. The molecular weight excluding hydrogens is 334 g/mol. The number of benzene rings is 2. The van der Waals surface area contributed by atoms with E-state index in [2.05, 4.69) is 15.8 Å². The Balaban J connectivity index is 1.76. The second-order valence-electron chi connectivity index (χ2n) is 5.62. The quantitative estimate of drug-likeness (QED) is 0.325. The number of hydrazone groups is 1. The Bertz CT molecular complexity index is 1020. The predicted octanol–water partition coefficient (Wildman–Crippen LogP) is 3.81. The van der Waals surface area contributed by atoms with E-state index >= 15 is 0 Å². The van der Waals surface area contributed by atoms with Gasteiger partial charge in [0, 0.05) is 11.1 Å². The summed E-state index contributed by atoms with van der Waals surface area (Å²) in [6.45, 7) is 3.73. The first kappa shape index (κ1) is 16.9. The lowest BCUT2D eigenvalue weighted by atomic mass is 10.1. The van der Waals surface area contributed by atoms with E-state index in [0.29, 0.717) is 22.0 Å². The Hall–Kier alpha value is -2.99. The van der Waals surface area contributed by atoms with Gasteiger partial charge in [-0.15, -0.1) is 0 Å². The van der Waals surface area contributed by atoms with Crippen LogP contribution in [0.15, 0.2) is 68.9 Å². The first-order chi connectivity index (χ1) is 12.0. The van der Waals surface area contributed by atoms with Crippen molar-refractivity contribution in [3.63, 3.8) is 0 Å². The molecule has 25 heavy (non-hydrogen) atoms. The van der Waals surface area contributed by atoms with E-state index in [-0.39, 0.29) is 0 Å². The molecule has 0 bridgehead atoms. The molecule has 1 aromatic heterocycles. The van der Waals surface area contributed by atoms with Crippen LogP contribution in [0.3, 0.4) is 0 Å². The van der Waals surface area contributed by atoms with Gasteiger partial charge < -0.3 is 9.73 Å². The van der Waals surface area contributed by atoms with Gasteiger partial charge in [0.25, 0.3) is 0 Å². The first-order valence-corrected chi connectivity index (χ1v) is 8.15. The fourth-order valence-electron chi connectivity index (χ4n) is 2.39. The Morgan fingerprint density at radius 3 is 2.72 bits per heavy atom. The molecule has 3 aromatic rings. The number of hydrogen-bond acceptors (Lipinski definition) is 4. The van der Waals surface area contributed by atoms with Crippen LogP contribution in [0, 0.1) is 6.92 Å². The minimum atomic E-state index is -0.431. The lowest BCUT2D eigenvalue weighted by molar-refractivity contribution is 0.559. The smallest absolute Gasteiger partial charge is 0.345 e. The van der Waals surface area contributed by atoms with Crippen LogP contribution >= 0.6 is 12.2 Å². The Labute approximate surface area is 150 Å². The van der Waals surface area contributed by atoms with Gasteiger partial charge in [0.1, 0.15) is 5.58 Å². The molecule has 0 aliphatic heterocycles. The molecule has 2 aromatic carbocycles. The number of fused-ring (bicyclic) bond motifs is 1. The van der Waals surface area contributed by atoms with Crippen molar-refractivity contribution in [3.8, 4) is 0 Å². The molecule has 6 heteroatoms. The van der Waals surface area contributed by atoms with Crippen LogP contribution in [-0.4, -0.2) is 10.8 Å². The highest BCUT2D eigenvalue weighted by atomic mass is 32.1. The van der Waals surface area contributed by atoms with Crippen LogP contribution in [0.4, 0.5) is 5.69 Å². The van der Waals surface area contributed by atoms with E-state index in [0.717, 1.165) is 16.6 Å². The third kappa shape index (κ3) is 4.10. The van der Waals surface area contributed by atoms with Crippen molar-refractivity contribution >= 4 is 39.7 Å². The minimum absolute atomic E-state index is 0.343. The zero-order valence-corrected chi connectivity index (χ0v) is 14.7. The molecule has 0 aliphatic rings. The molecule has 0 spiro atoms. The van der Waals surface area contributed by atoms with Gasteiger partial charge in [-0.3, -0.25) is 5.43 Å². The number of thiocarbonyl (C=S) groups is 1. The van der Waals surface area contributed by atoms with Crippen molar-refractivity contribution < 1.29 is 4.42 Å². The van der Waals surface area contributed by atoms with Gasteiger partial charge in [0.2, 0.25) is 0 Å². The average Bonchev–Trinajstić information content (AvgIpc) is 2.59. The van der Waals surface area contributed by atoms with Gasteiger partial charge in [-0.1, -0.05) is 30.3 Å². The molecule has 0 saturated heterocycles. The molecule has 0 fully saturated rings. The van der Waals surface area contributed by atoms with E-state index in [1.807, 2.05) is 49.4 Å². The van der Waals surface area contributed by atoms with Crippen molar-refractivity contribution in [1.29, 1.82) is 0 Å². The van der Waals surface area contributed by atoms with Crippen LogP contribution in [0.5, 0.6) is 0 Å². The molecular formula is C19H17N3O2S. The predicted molar refractivity (Wildman–Crippen MR) is 105 cm³/mol. The second kappa shape index (κ2) is 7.27. The highest BCUT2D eigenvalue weighted by Crippen LogP contribution is 2.13. The molecule has 3 rings (SSSR count). The largest absolute Gasteiger partial charge is 0.422 e. The summed E-state index contributed by atoms with van der Waals surface area (Å²) in [6, 6.07) is 16.9. The van der Waals surface area contributed by atoms with E-state index in [9.17, 15) is 4.79 Å². The van der Waals surface area contributed by atoms with Gasteiger partial charge in [-0.2, -0.15) is 5.10 Å².